The van der Waals surface area contributed by atoms with E-state index in [-0.39, 0.29) is 5.75 Å². The van der Waals surface area contributed by atoms with Crippen LogP contribution in [-0.4, -0.2) is 18.1 Å². The maximum Gasteiger partial charge on any atom is 0.159 e. The van der Waals surface area contributed by atoms with E-state index in [1.165, 1.54) is 0 Å². The van der Waals surface area contributed by atoms with Gasteiger partial charge in [0.25, 0.3) is 0 Å². The molecular formula is C11H18N2O2S. The van der Waals surface area contributed by atoms with Gasteiger partial charge in [-0.3, -0.25) is 4.98 Å². The summed E-state index contributed by atoms with van der Waals surface area (Å²) in [5.41, 5.74) is 6.91. The maximum absolute atomic E-state index is 12.0. The summed E-state index contributed by atoms with van der Waals surface area (Å²) in [5.74, 6) is 0.0337. The summed E-state index contributed by atoms with van der Waals surface area (Å²) < 4.78 is 23.2. The molecule has 90 valence electrons. The Labute approximate surface area is 96.8 Å². The molecular weight excluding hydrogens is 224 g/mol. The molecule has 16 heavy (non-hydrogen) atoms. The fraction of sp³-hybridized carbons (Fsp3) is 0.545. The van der Waals surface area contributed by atoms with Crippen LogP contribution in [0.3, 0.4) is 0 Å². The number of rotatable bonds is 3. The lowest BCUT2D eigenvalue weighted by Gasteiger charge is -2.19. The summed E-state index contributed by atoms with van der Waals surface area (Å²) in [5, 5.41) is 0. The van der Waals surface area contributed by atoms with Gasteiger partial charge in [-0.15, -0.1) is 0 Å². The van der Waals surface area contributed by atoms with Crippen molar-refractivity contribution in [2.24, 2.45) is 5.73 Å². The minimum atomic E-state index is -3.14. The minimum Gasteiger partial charge on any atom is -0.325 e. The Hall–Kier alpha value is -0.940. The van der Waals surface area contributed by atoms with E-state index >= 15 is 0 Å². The maximum atomic E-state index is 12.0. The van der Waals surface area contributed by atoms with E-state index in [1.807, 2.05) is 0 Å². The van der Waals surface area contributed by atoms with Crippen LogP contribution >= 0.6 is 0 Å². The third kappa shape index (κ3) is 3.02. The van der Waals surface area contributed by atoms with Crippen LogP contribution in [0.2, 0.25) is 0 Å². The monoisotopic (exact) mass is 242 g/mol. The Bertz CT molecular complexity index is 461. The van der Waals surface area contributed by atoms with Gasteiger partial charge in [0.15, 0.2) is 9.84 Å². The van der Waals surface area contributed by atoms with Crippen molar-refractivity contribution < 1.29 is 8.42 Å². The lowest BCUT2D eigenvalue weighted by molar-refractivity contribution is 0.559. The summed E-state index contributed by atoms with van der Waals surface area (Å²) in [6.45, 7) is 5.43. The van der Waals surface area contributed by atoms with Crippen molar-refractivity contribution in [3.8, 4) is 0 Å². The number of nitrogens with zero attached hydrogens (tertiary/aromatic N) is 1. The quantitative estimate of drug-likeness (QED) is 0.866. The second-order valence-corrected chi connectivity index (χ2v) is 7.47. The van der Waals surface area contributed by atoms with Gasteiger partial charge in [-0.2, -0.15) is 0 Å². The molecule has 1 aromatic rings. The summed E-state index contributed by atoms with van der Waals surface area (Å²) >= 11 is 0. The van der Waals surface area contributed by atoms with Crippen LogP contribution in [-0.2, 0) is 22.1 Å². The molecule has 0 atom stereocenters. The van der Waals surface area contributed by atoms with Crippen LogP contribution in [0.1, 0.15) is 32.0 Å². The van der Waals surface area contributed by atoms with Gasteiger partial charge in [0.2, 0.25) is 0 Å². The van der Waals surface area contributed by atoms with E-state index in [0.29, 0.717) is 12.2 Å². The highest BCUT2D eigenvalue weighted by molar-refractivity contribution is 7.91. The van der Waals surface area contributed by atoms with Gasteiger partial charge in [0.05, 0.1) is 16.2 Å². The van der Waals surface area contributed by atoms with E-state index in [0.717, 1.165) is 5.56 Å². The Morgan fingerprint density at radius 1 is 1.38 bits per heavy atom. The lowest BCUT2D eigenvalue weighted by Crippen LogP contribution is -2.29. The van der Waals surface area contributed by atoms with Crippen molar-refractivity contribution in [3.63, 3.8) is 0 Å². The molecule has 0 unspecified atom stereocenters. The molecule has 0 radical (unpaired) electrons. The standard InChI is InChI=1S/C11H18N2O2S/c1-11(2,3)16(14,15)8-9-4-5-13-10(6-9)7-12/h4-6H,7-8,12H2,1-3H3. The van der Waals surface area contributed by atoms with Crippen LogP contribution in [0.15, 0.2) is 18.3 Å². The Morgan fingerprint density at radius 2 is 2.00 bits per heavy atom. The second-order valence-electron chi connectivity index (χ2n) is 4.73. The number of nitrogens with two attached hydrogens (primary N) is 1. The van der Waals surface area contributed by atoms with Crippen molar-refractivity contribution in [2.75, 3.05) is 0 Å². The number of pyridine rings is 1. The molecule has 0 aromatic carbocycles. The van der Waals surface area contributed by atoms with Crippen molar-refractivity contribution in [2.45, 2.75) is 37.8 Å². The highest BCUT2D eigenvalue weighted by atomic mass is 32.2. The highest BCUT2D eigenvalue weighted by Crippen LogP contribution is 2.20. The van der Waals surface area contributed by atoms with Crippen LogP contribution in [0.5, 0.6) is 0 Å². The van der Waals surface area contributed by atoms with Crippen molar-refractivity contribution in [1.29, 1.82) is 0 Å². The average Bonchev–Trinajstić information content (AvgIpc) is 2.15. The molecule has 4 nitrogen and oxygen atoms in total. The molecule has 2 N–H and O–H groups in total. The zero-order chi connectivity index (χ0) is 12.4. The van der Waals surface area contributed by atoms with Gasteiger partial charge in [-0.05, 0) is 38.5 Å². The summed E-state index contributed by atoms with van der Waals surface area (Å²) in [7, 11) is -3.14. The molecule has 5 heteroatoms. The third-order valence-electron chi connectivity index (χ3n) is 2.38. The molecule has 1 aromatic heterocycles. The zero-order valence-electron chi connectivity index (χ0n) is 9.90. The smallest absolute Gasteiger partial charge is 0.159 e. The molecule has 0 aliphatic rings. The summed E-state index contributed by atoms with van der Waals surface area (Å²) in [6, 6.07) is 3.45. The first-order valence-electron chi connectivity index (χ1n) is 5.12. The van der Waals surface area contributed by atoms with E-state index in [9.17, 15) is 8.42 Å². The molecule has 0 saturated heterocycles. The molecule has 0 amide bonds. The number of sulfone groups is 1. The fourth-order valence-corrected chi connectivity index (χ4v) is 2.22. The average molecular weight is 242 g/mol. The molecule has 0 spiro atoms. The van der Waals surface area contributed by atoms with E-state index in [4.69, 9.17) is 5.73 Å². The normalized spacial score (nSPS) is 12.8. The van der Waals surface area contributed by atoms with Crippen molar-refractivity contribution in [1.82, 2.24) is 4.98 Å². The summed E-state index contributed by atoms with van der Waals surface area (Å²) in [4.78, 5) is 4.03. The Balaban J connectivity index is 2.97. The Kier molecular flexibility index (Phi) is 3.70. The van der Waals surface area contributed by atoms with Crippen LogP contribution in [0, 0.1) is 0 Å². The van der Waals surface area contributed by atoms with E-state index in [1.54, 1.807) is 39.1 Å². The van der Waals surface area contributed by atoms with Crippen molar-refractivity contribution >= 4 is 9.84 Å². The van der Waals surface area contributed by atoms with Crippen LogP contribution in [0.4, 0.5) is 0 Å². The molecule has 1 heterocycles. The lowest BCUT2D eigenvalue weighted by atomic mass is 10.2. The largest absolute Gasteiger partial charge is 0.325 e. The predicted molar refractivity (Wildman–Crippen MR) is 64.5 cm³/mol. The minimum absolute atomic E-state index is 0.0337. The predicted octanol–water partition coefficient (Wildman–Crippen LogP) is 1.25. The molecule has 0 saturated carbocycles. The van der Waals surface area contributed by atoms with Gasteiger partial charge >= 0.3 is 0 Å². The van der Waals surface area contributed by atoms with Crippen LogP contribution < -0.4 is 5.73 Å². The van der Waals surface area contributed by atoms with E-state index in [2.05, 4.69) is 4.98 Å². The van der Waals surface area contributed by atoms with E-state index < -0.39 is 14.6 Å². The number of aromatic nitrogens is 1. The number of hydrogen-bond acceptors (Lipinski definition) is 4. The topological polar surface area (TPSA) is 73.0 Å². The summed E-state index contributed by atoms with van der Waals surface area (Å²) in [6.07, 6.45) is 1.59. The zero-order valence-corrected chi connectivity index (χ0v) is 10.7. The van der Waals surface area contributed by atoms with Gasteiger partial charge < -0.3 is 5.73 Å². The molecule has 1 rings (SSSR count). The molecule has 0 aliphatic heterocycles. The third-order valence-corrected chi connectivity index (χ3v) is 4.96. The SMILES string of the molecule is CC(C)(C)S(=O)(=O)Cc1ccnc(CN)c1. The fourth-order valence-electron chi connectivity index (χ4n) is 1.17. The van der Waals surface area contributed by atoms with Gasteiger partial charge in [0.1, 0.15) is 0 Å². The Morgan fingerprint density at radius 3 is 2.50 bits per heavy atom. The molecule has 0 aliphatic carbocycles. The molecule has 0 fully saturated rings. The van der Waals surface area contributed by atoms with Gasteiger partial charge in [-0.25, -0.2) is 8.42 Å². The van der Waals surface area contributed by atoms with Crippen molar-refractivity contribution in [3.05, 3.63) is 29.6 Å². The first-order valence-corrected chi connectivity index (χ1v) is 6.77. The van der Waals surface area contributed by atoms with Crippen LogP contribution in [0.25, 0.3) is 0 Å². The van der Waals surface area contributed by atoms with Gasteiger partial charge in [0, 0.05) is 12.7 Å². The number of hydrogen-bond donors (Lipinski definition) is 1. The first kappa shape index (κ1) is 13.1. The highest BCUT2D eigenvalue weighted by Gasteiger charge is 2.28. The first-order chi connectivity index (χ1) is 7.26. The van der Waals surface area contributed by atoms with Gasteiger partial charge in [-0.1, -0.05) is 0 Å². The molecule has 0 bridgehead atoms. The second kappa shape index (κ2) is 4.51.